The predicted molar refractivity (Wildman–Crippen MR) is 152 cm³/mol. The zero-order valence-corrected chi connectivity index (χ0v) is 23.7. The molecule has 3 aromatic rings. The van der Waals surface area contributed by atoms with Crippen LogP contribution in [0.4, 0.5) is 5.69 Å². The first kappa shape index (κ1) is 29.2. The number of rotatable bonds is 11. The molecule has 3 aromatic carbocycles. The maximum absolute atomic E-state index is 13.9. The van der Waals surface area contributed by atoms with Gasteiger partial charge in [0.05, 0.1) is 15.6 Å². The normalized spacial score (nSPS) is 12.0. The first-order valence-electron chi connectivity index (χ1n) is 12.5. The number of aryl methyl sites for hydroxylation is 2. The Morgan fingerprint density at radius 2 is 1.47 bits per heavy atom. The monoisotopic (exact) mass is 555 g/mol. The molecule has 0 fully saturated rings. The van der Waals surface area contributed by atoms with Crippen molar-refractivity contribution in [2.75, 3.05) is 17.4 Å². The Labute approximate surface area is 230 Å². The highest BCUT2D eigenvalue weighted by atomic mass is 35.5. The van der Waals surface area contributed by atoms with E-state index in [1.165, 1.54) is 17.0 Å². The van der Waals surface area contributed by atoms with E-state index in [4.69, 9.17) is 11.6 Å². The standard InChI is InChI=1S/C29H34ClN3O4S/c1-5-26(29(35)31-6-2)32(19-23-15-11-21(3)12-16-23)28(34)20-33(27-10-8-7-9-25(27)30)38(36,37)24-17-13-22(4)14-18-24/h7-18,26H,5-6,19-20H2,1-4H3,(H,31,35)/t26-/m0/s1. The van der Waals surface area contributed by atoms with E-state index in [2.05, 4.69) is 5.32 Å². The predicted octanol–water partition coefficient (Wildman–Crippen LogP) is 5.10. The van der Waals surface area contributed by atoms with Crippen molar-refractivity contribution >= 4 is 39.1 Å². The van der Waals surface area contributed by atoms with Gasteiger partial charge in [0.15, 0.2) is 0 Å². The van der Waals surface area contributed by atoms with E-state index in [1.807, 2.05) is 52.0 Å². The first-order chi connectivity index (χ1) is 18.1. The Kier molecular flexibility index (Phi) is 9.94. The van der Waals surface area contributed by atoms with Gasteiger partial charge in [-0.05, 0) is 57.0 Å². The van der Waals surface area contributed by atoms with Crippen molar-refractivity contribution in [3.8, 4) is 0 Å². The number of hydrogen-bond donors (Lipinski definition) is 1. The molecule has 9 heteroatoms. The second kappa shape index (κ2) is 12.9. The van der Waals surface area contributed by atoms with E-state index < -0.39 is 28.5 Å². The van der Waals surface area contributed by atoms with Crippen LogP contribution in [0.5, 0.6) is 0 Å². The van der Waals surface area contributed by atoms with Crippen LogP contribution < -0.4 is 9.62 Å². The maximum atomic E-state index is 13.9. The van der Waals surface area contributed by atoms with Gasteiger partial charge in [0.2, 0.25) is 11.8 Å². The highest BCUT2D eigenvalue weighted by Gasteiger charge is 2.34. The summed E-state index contributed by atoms with van der Waals surface area (Å²) < 4.78 is 28.7. The third kappa shape index (κ3) is 6.94. The van der Waals surface area contributed by atoms with Crippen LogP contribution in [-0.2, 0) is 26.2 Å². The van der Waals surface area contributed by atoms with E-state index in [0.717, 1.165) is 21.0 Å². The number of halogens is 1. The van der Waals surface area contributed by atoms with Crippen LogP contribution in [0.15, 0.2) is 77.7 Å². The van der Waals surface area contributed by atoms with Gasteiger partial charge in [-0.15, -0.1) is 0 Å². The number of hydrogen-bond acceptors (Lipinski definition) is 4. The number of likely N-dealkylation sites (N-methyl/N-ethyl adjacent to an activating group) is 1. The minimum atomic E-state index is -4.16. The Morgan fingerprint density at radius 1 is 0.895 bits per heavy atom. The summed E-state index contributed by atoms with van der Waals surface area (Å²) in [5.41, 5.74) is 2.99. The average Bonchev–Trinajstić information content (AvgIpc) is 2.89. The molecule has 0 aliphatic carbocycles. The van der Waals surface area contributed by atoms with Crippen LogP contribution >= 0.6 is 11.6 Å². The zero-order chi connectivity index (χ0) is 27.9. The highest BCUT2D eigenvalue weighted by molar-refractivity contribution is 7.92. The Bertz CT molecular complexity index is 1360. The second-order valence-corrected chi connectivity index (χ2v) is 11.4. The molecule has 1 atom stereocenters. The molecule has 0 unspecified atom stereocenters. The lowest BCUT2D eigenvalue weighted by Gasteiger charge is -2.33. The molecule has 7 nitrogen and oxygen atoms in total. The molecule has 0 bridgehead atoms. The number of para-hydroxylation sites is 1. The van der Waals surface area contributed by atoms with Crippen LogP contribution in [0.25, 0.3) is 0 Å². The Hall–Kier alpha value is -3.36. The largest absolute Gasteiger partial charge is 0.355 e. The topological polar surface area (TPSA) is 86.8 Å². The smallest absolute Gasteiger partial charge is 0.264 e. The molecule has 0 spiro atoms. The van der Waals surface area contributed by atoms with Crippen LogP contribution in [0.2, 0.25) is 5.02 Å². The highest BCUT2D eigenvalue weighted by Crippen LogP contribution is 2.31. The van der Waals surface area contributed by atoms with Gasteiger partial charge < -0.3 is 10.2 Å². The Morgan fingerprint density at radius 3 is 2.03 bits per heavy atom. The van der Waals surface area contributed by atoms with E-state index in [9.17, 15) is 18.0 Å². The first-order valence-corrected chi connectivity index (χ1v) is 14.4. The van der Waals surface area contributed by atoms with Crippen LogP contribution in [0, 0.1) is 13.8 Å². The van der Waals surface area contributed by atoms with E-state index in [-0.39, 0.29) is 28.1 Å². The Balaban J connectivity index is 2.06. The van der Waals surface area contributed by atoms with Crippen LogP contribution in [-0.4, -0.2) is 44.3 Å². The number of benzene rings is 3. The molecule has 1 N–H and O–H groups in total. The fourth-order valence-electron chi connectivity index (χ4n) is 4.11. The number of carbonyl (C=O) groups excluding carboxylic acids is 2. The van der Waals surface area contributed by atoms with Gasteiger partial charge in [0.1, 0.15) is 12.6 Å². The lowest BCUT2D eigenvalue weighted by Crippen LogP contribution is -2.52. The van der Waals surface area contributed by atoms with Crippen molar-refractivity contribution in [1.29, 1.82) is 0 Å². The van der Waals surface area contributed by atoms with Crippen LogP contribution in [0.1, 0.15) is 37.0 Å². The minimum absolute atomic E-state index is 0.0386. The van der Waals surface area contributed by atoms with Gasteiger partial charge in [-0.1, -0.05) is 78.2 Å². The quantitative estimate of drug-likeness (QED) is 0.357. The van der Waals surface area contributed by atoms with Gasteiger partial charge in [0.25, 0.3) is 10.0 Å². The molecule has 2 amide bonds. The number of sulfonamides is 1. The molecule has 38 heavy (non-hydrogen) atoms. The minimum Gasteiger partial charge on any atom is -0.355 e. The third-order valence-corrected chi connectivity index (χ3v) is 8.31. The lowest BCUT2D eigenvalue weighted by molar-refractivity contribution is -0.140. The number of nitrogens with one attached hydrogen (secondary N) is 1. The molecule has 0 saturated heterocycles. The van der Waals surface area contributed by atoms with Gasteiger partial charge in [0, 0.05) is 13.1 Å². The van der Waals surface area contributed by atoms with Gasteiger partial charge in [-0.3, -0.25) is 13.9 Å². The molecular formula is C29H34ClN3O4S. The number of nitrogens with zero attached hydrogens (tertiary/aromatic N) is 2. The SMILES string of the molecule is CCNC(=O)[C@H](CC)N(Cc1ccc(C)cc1)C(=O)CN(c1ccccc1Cl)S(=O)(=O)c1ccc(C)cc1. The van der Waals surface area contributed by atoms with E-state index in [0.29, 0.717) is 13.0 Å². The van der Waals surface area contributed by atoms with Crippen LogP contribution in [0.3, 0.4) is 0 Å². The van der Waals surface area contributed by atoms with Gasteiger partial charge in [-0.25, -0.2) is 8.42 Å². The molecule has 0 aromatic heterocycles. The van der Waals surface area contributed by atoms with Gasteiger partial charge >= 0.3 is 0 Å². The molecule has 0 aliphatic heterocycles. The molecule has 0 saturated carbocycles. The van der Waals surface area contributed by atoms with Gasteiger partial charge in [-0.2, -0.15) is 0 Å². The molecular weight excluding hydrogens is 522 g/mol. The van der Waals surface area contributed by atoms with E-state index in [1.54, 1.807) is 36.4 Å². The van der Waals surface area contributed by atoms with Crippen molar-refractivity contribution < 1.29 is 18.0 Å². The number of amides is 2. The summed E-state index contributed by atoms with van der Waals surface area (Å²) in [5.74, 6) is -0.805. The summed E-state index contributed by atoms with van der Waals surface area (Å²) >= 11 is 6.43. The third-order valence-electron chi connectivity index (χ3n) is 6.22. The average molecular weight is 556 g/mol. The second-order valence-electron chi connectivity index (χ2n) is 9.10. The molecule has 202 valence electrons. The van der Waals surface area contributed by atoms with Crippen molar-refractivity contribution in [3.05, 3.63) is 94.5 Å². The number of carbonyl (C=O) groups is 2. The lowest BCUT2D eigenvalue weighted by atomic mass is 10.1. The molecule has 0 aliphatic rings. The van der Waals surface area contributed by atoms with Crippen molar-refractivity contribution in [2.24, 2.45) is 0 Å². The van der Waals surface area contributed by atoms with Crippen molar-refractivity contribution in [3.63, 3.8) is 0 Å². The number of anilines is 1. The van der Waals surface area contributed by atoms with Crippen molar-refractivity contribution in [1.82, 2.24) is 10.2 Å². The summed E-state index contributed by atoms with van der Waals surface area (Å²) in [4.78, 5) is 28.4. The molecule has 3 rings (SSSR count). The maximum Gasteiger partial charge on any atom is 0.264 e. The summed E-state index contributed by atoms with van der Waals surface area (Å²) in [7, 11) is -4.16. The summed E-state index contributed by atoms with van der Waals surface area (Å²) in [6.07, 6.45) is 0.361. The summed E-state index contributed by atoms with van der Waals surface area (Å²) in [5, 5.41) is 2.99. The summed E-state index contributed by atoms with van der Waals surface area (Å²) in [6.45, 7) is 7.50. The zero-order valence-electron chi connectivity index (χ0n) is 22.1. The summed E-state index contributed by atoms with van der Waals surface area (Å²) in [6, 6.07) is 19.8. The van der Waals surface area contributed by atoms with E-state index >= 15 is 0 Å². The molecule has 0 radical (unpaired) electrons. The fraction of sp³-hybridized carbons (Fsp3) is 0.310. The van der Waals surface area contributed by atoms with Crippen molar-refractivity contribution in [2.45, 2.75) is 51.6 Å². The molecule has 0 heterocycles. The fourth-order valence-corrected chi connectivity index (χ4v) is 5.83.